The first-order valence-electron chi connectivity index (χ1n) is 8.81. The molecule has 0 saturated heterocycles. The normalized spacial score (nSPS) is 13.0. The molecule has 28 heavy (non-hydrogen) atoms. The first kappa shape index (κ1) is 20.2. The summed E-state index contributed by atoms with van der Waals surface area (Å²) in [6, 6.07) is 17.6. The molecule has 0 aliphatic rings. The van der Waals surface area contributed by atoms with Crippen LogP contribution in [0.25, 0.3) is 10.8 Å². The molecule has 0 aliphatic heterocycles. The zero-order valence-corrected chi connectivity index (χ0v) is 16.9. The number of hydrogen-bond donors (Lipinski definition) is 1. The highest BCUT2D eigenvalue weighted by molar-refractivity contribution is 6.35. The molecule has 0 bridgehead atoms. The van der Waals surface area contributed by atoms with Crippen LogP contribution in [0.5, 0.6) is 0 Å². The van der Waals surface area contributed by atoms with Crippen LogP contribution in [0, 0.1) is 0 Å². The van der Waals surface area contributed by atoms with E-state index in [4.69, 9.17) is 27.9 Å². The van der Waals surface area contributed by atoms with Crippen LogP contribution >= 0.6 is 23.2 Å². The van der Waals surface area contributed by atoms with Gasteiger partial charge in [0.15, 0.2) is 6.10 Å². The Hall–Kier alpha value is -2.56. The SMILES string of the molecule is C[C@H](NC(=O)[C@@H](C)OC(=O)c1cccc2ccccc12)c1ccc(Cl)cc1Cl. The fraction of sp³-hybridized carbons (Fsp3) is 0.182. The minimum Gasteiger partial charge on any atom is -0.449 e. The first-order chi connectivity index (χ1) is 13.4. The minimum atomic E-state index is -0.958. The molecular formula is C22H19Cl2NO3. The molecule has 0 fully saturated rings. The third-order valence-corrected chi connectivity index (χ3v) is 5.01. The van der Waals surface area contributed by atoms with E-state index >= 15 is 0 Å². The number of benzene rings is 3. The maximum atomic E-state index is 12.6. The molecule has 6 heteroatoms. The van der Waals surface area contributed by atoms with Crippen LogP contribution < -0.4 is 5.32 Å². The molecule has 0 spiro atoms. The van der Waals surface area contributed by atoms with Crippen molar-refractivity contribution in [3.05, 3.63) is 81.8 Å². The van der Waals surface area contributed by atoms with Gasteiger partial charge < -0.3 is 10.1 Å². The van der Waals surface area contributed by atoms with E-state index in [1.165, 1.54) is 6.92 Å². The van der Waals surface area contributed by atoms with Gasteiger partial charge in [-0.05, 0) is 48.4 Å². The molecule has 1 amide bonds. The van der Waals surface area contributed by atoms with Crippen LogP contribution in [0.4, 0.5) is 0 Å². The van der Waals surface area contributed by atoms with E-state index in [2.05, 4.69) is 5.32 Å². The predicted molar refractivity (Wildman–Crippen MR) is 112 cm³/mol. The fourth-order valence-corrected chi connectivity index (χ4v) is 3.51. The van der Waals surface area contributed by atoms with Crippen molar-refractivity contribution in [3.63, 3.8) is 0 Å². The second kappa shape index (κ2) is 8.63. The Morgan fingerprint density at radius 3 is 2.43 bits per heavy atom. The molecule has 2 atom stereocenters. The zero-order chi connectivity index (χ0) is 20.3. The van der Waals surface area contributed by atoms with Crippen LogP contribution in [0.2, 0.25) is 10.0 Å². The van der Waals surface area contributed by atoms with Gasteiger partial charge in [0, 0.05) is 10.0 Å². The predicted octanol–water partition coefficient (Wildman–Crippen LogP) is 5.57. The van der Waals surface area contributed by atoms with Crippen LogP contribution in [-0.4, -0.2) is 18.0 Å². The maximum absolute atomic E-state index is 12.6. The minimum absolute atomic E-state index is 0.365. The summed E-state index contributed by atoms with van der Waals surface area (Å²) in [7, 11) is 0. The molecule has 144 valence electrons. The van der Waals surface area contributed by atoms with E-state index in [-0.39, 0.29) is 6.04 Å². The number of hydrogen-bond acceptors (Lipinski definition) is 3. The molecule has 3 aromatic rings. The topological polar surface area (TPSA) is 55.4 Å². The van der Waals surface area contributed by atoms with E-state index in [0.717, 1.165) is 16.3 Å². The Morgan fingerprint density at radius 2 is 1.68 bits per heavy atom. The number of amides is 1. The van der Waals surface area contributed by atoms with Crippen LogP contribution in [-0.2, 0) is 9.53 Å². The van der Waals surface area contributed by atoms with Gasteiger partial charge in [0.05, 0.1) is 11.6 Å². The number of carbonyl (C=O) groups is 2. The van der Waals surface area contributed by atoms with Crippen molar-refractivity contribution in [1.29, 1.82) is 0 Å². The Balaban J connectivity index is 1.69. The molecule has 0 saturated carbocycles. The first-order valence-corrected chi connectivity index (χ1v) is 9.56. The summed E-state index contributed by atoms with van der Waals surface area (Å²) in [6.07, 6.45) is -0.958. The lowest BCUT2D eigenvalue weighted by molar-refractivity contribution is -0.129. The lowest BCUT2D eigenvalue weighted by atomic mass is 10.0. The molecule has 0 aliphatic carbocycles. The van der Waals surface area contributed by atoms with Crippen LogP contribution in [0.15, 0.2) is 60.7 Å². The number of rotatable bonds is 5. The summed E-state index contributed by atoms with van der Waals surface area (Å²) >= 11 is 12.1. The lowest BCUT2D eigenvalue weighted by Crippen LogP contribution is -2.37. The lowest BCUT2D eigenvalue weighted by Gasteiger charge is -2.19. The van der Waals surface area contributed by atoms with Crippen LogP contribution in [0.1, 0.15) is 35.8 Å². The second-order valence-electron chi connectivity index (χ2n) is 6.47. The number of halogens is 2. The molecule has 3 aromatic carbocycles. The van der Waals surface area contributed by atoms with E-state index in [0.29, 0.717) is 15.6 Å². The van der Waals surface area contributed by atoms with E-state index in [9.17, 15) is 9.59 Å². The highest BCUT2D eigenvalue weighted by Gasteiger charge is 2.22. The smallest absolute Gasteiger partial charge is 0.339 e. The number of fused-ring (bicyclic) bond motifs is 1. The Morgan fingerprint density at radius 1 is 0.964 bits per heavy atom. The van der Waals surface area contributed by atoms with Gasteiger partial charge >= 0.3 is 5.97 Å². The zero-order valence-electron chi connectivity index (χ0n) is 15.4. The summed E-state index contributed by atoms with van der Waals surface area (Å²) < 4.78 is 5.39. The third-order valence-electron chi connectivity index (χ3n) is 4.45. The van der Waals surface area contributed by atoms with Crippen LogP contribution in [0.3, 0.4) is 0 Å². The van der Waals surface area contributed by atoms with Gasteiger partial charge in [-0.15, -0.1) is 0 Å². The monoisotopic (exact) mass is 415 g/mol. The second-order valence-corrected chi connectivity index (χ2v) is 7.31. The van der Waals surface area contributed by atoms with E-state index in [1.807, 2.05) is 30.3 Å². The van der Waals surface area contributed by atoms with Crippen molar-refractivity contribution in [2.75, 3.05) is 0 Å². The summed E-state index contributed by atoms with van der Waals surface area (Å²) in [4.78, 5) is 25.1. The van der Waals surface area contributed by atoms with Crippen molar-refractivity contribution in [2.24, 2.45) is 0 Å². The molecule has 1 N–H and O–H groups in total. The average molecular weight is 416 g/mol. The number of carbonyl (C=O) groups excluding carboxylic acids is 2. The fourth-order valence-electron chi connectivity index (χ4n) is 2.94. The molecule has 0 radical (unpaired) electrons. The van der Waals surface area contributed by atoms with E-state index < -0.39 is 18.0 Å². The third kappa shape index (κ3) is 4.46. The van der Waals surface area contributed by atoms with Gasteiger partial charge in [0.25, 0.3) is 5.91 Å². The average Bonchev–Trinajstić information content (AvgIpc) is 2.67. The summed E-state index contributed by atoms with van der Waals surface area (Å²) in [6.45, 7) is 3.33. The van der Waals surface area contributed by atoms with Gasteiger partial charge in [0.2, 0.25) is 0 Å². The Labute approximate surface area is 173 Å². The molecule has 3 rings (SSSR count). The number of esters is 1. The molecule has 0 unspecified atom stereocenters. The van der Waals surface area contributed by atoms with Gasteiger partial charge in [-0.1, -0.05) is 65.7 Å². The summed E-state index contributed by atoms with van der Waals surface area (Å²) in [5.41, 5.74) is 1.15. The molecule has 4 nitrogen and oxygen atoms in total. The Bertz CT molecular complexity index is 1030. The molecule has 0 heterocycles. The highest BCUT2D eigenvalue weighted by Crippen LogP contribution is 2.26. The Kier molecular flexibility index (Phi) is 6.22. The largest absolute Gasteiger partial charge is 0.449 e. The van der Waals surface area contributed by atoms with Gasteiger partial charge in [-0.3, -0.25) is 4.79 Å². The van der Waals surface area contributed by atoms with Crippen molar-refractivity contribution < 1.29 is 14.3 Å². The van der Waals surface area contributed by atoms with E-state index in [1.54, 1.807) is 37.3 Å². The summed E-state index contributed by atoms with van der Waals surface area (Å²) in [5.74, 6) is -0.955. The van der Waals surface area contributed by atoms with Crippen molar-refractivity contribution in [2.45, 2.75) is 26.0 Å². The van der Waals surface area contributed by atoms with Crippen molar-refractivity contribution in [3.8, 4) is 0 Å². The van der Waals surface area contributed by atoms with Gasteiger partial charge in [-0.25, -0.2) is 4.79 Å². The quantitative estimate of drug-likeness (QED) is 0.554. The molecular weight excluding hydrogens is 397 g/mol. The van der Waals surface area contributed by atoms with Crippen molar-refractivity contribution >= 4 is 45.9 Å². The summed E-state index contributed by atoms with van der Waals surface area (Å²) in [5, 5.41) is 5.50. The maximum Gasteiger partial charge on any atom is 0.339 e. The van der Waals surface area contributed by atoms with Gasteiger partial charge in [-0.2, -0.15) is 0 Å². The van der Waals surface area contributed by atoms with Crippen molar-refractivity contribution in [1.82, 2.24) is 5.32 Å². The molecule has 0 aromatic heterocycles. The standard InChI is InChI=1S/C22H19Cl2NO3/c1-13(17-11-10-16(23)12-20(17)24)25-21(26)14(2)28-22(27)19-9-5-7-15-6-3-4-8-18(15)19/h3-14H,1-2H3,(H,25,26)/t13-,14+/m0/s1. The number of ether oxygens (including phenoxy) is 1. The highest BCUT2D eigenvalue weighted by atomic mass is 35.5. The van der Waals surface area contributed by atoms with Gasteiger partial charge in [0.1, 0.15) is 0 Å². The number of nitrogens with one attached hydrogen (secondary N) is 1.